The third kappa shape index (κ3) is 3.12. The van der Waals surface area contributed by atoms with Crippen LogP contribution in [0.5, 0.6) is 5.88 Å². The van der Waals surface area contributed by atoms with Crippen LogP contribution in [0, 0.1) is 0 Å². The Hall–Kier alpha value is -0.350. The van der Waals surface area contributed by atoms with Crippen LogP contribution in [0.4, 0.5) is 0 Å². The fraction of sp³-hybridized carbons (Fsp3) is 0.500. The summed E-state index contributed by atoms with van der Waals surface area (Å²) in [6.07, 6.45) is 2.63. The first-order chi connectivity index (χ1) is 6.13. The quantitative estimate of drug-likeness (QED) is 0.788. The molecule has 13 heavy (non-hydrogen) atoms. The number of aromatic nitrogens is 2. The van der Waals surface area contributed by atoms with E-state index in [9.17, 15) is 0 Å². The zero-order valence-electron chi connectivity index (χ0n) is 7.42. The van der Waals surface area contributed by atoms with E-state index < -0.39 is 0 Å². The van der Waals surface area contributed by atoms with E-state index in [-0.39, 0.29) is 11.4 Å². The lowest BCUT2D eigenvalue weighted by atomic mass is 10.3. The minimum Gasteiger partial charge on any atom is -0.474 e. The molecule has 0 N–H and O–H groups in total. The van der Waals surface area contributed by atoms with Gasteiger partial charge in [-0.05, 0) is 40.9 Å². The van der Waals surface area contributed by atoms with E-state index in [1.807, 2.05) is 13.8 Å². The summed E-state index contributed by atoms with van der Waals surface area (Å²) in [6, 6.07) is 0. The summed E-state index contributed by atoms with van der Waals surface area (Å²) < 4.78 is 6.21. The molecule has 0 aromatic carbocycles. The molecule has 0 saturated heterocycles. The number of halogens is 2. The Kier molecular flexibility index (Phi) is 3.93. The molecule has 72 valence electrons. The van der Waals surface area contributed by atoms with Crippen molar-refractivity contribution in [3.8, 4) is 5.88 Å². The van der Waals surface area contributed by atoms with E-state index in [2.05, 4.69) is 25.9 Å². The van der Waals surface area contributed by atoms with Gasteiger partial charge in [0.1, 0.15) is 0 Å². The fourth-order valence-electron chi connectivity index (χ4n) is 0.688. The zero-order chi connectivity index (χ0) is 9.84. The SMILES string of the molecule is CCC(C)Oc1nc(Cl)ncc1Br. The highest BCUT2D eigenvalue weighted by atomic mass is 79.9. The first-order valence-electron chi connectivity index (χ1n) is 3.98. The zero-order valence-corrected chi connectivity index (χ0v) is 9.76. The summed E-state index contributed by atoms with van der Waals surface area (Å²) in [6.45, 7) is 4.02. The van der Waals surface area contributed by atoms with Crippen LogP contribution in [0.2, 0.25) is 5.28 Å². The van der Waals surface area contributed by atoms with Gasteiger partial charge in [0.05, 0.1) is 10.6 Å². The molecule has 1 aromatic heterocycles. The van der Waals surface area contributed by atoms with Crippen molar-refractivity contribution in [3.63, 3.8) is 0 Å². The molecule has 0 saturated carbocycles. The summed E-state index contributed by atoms with van der Waals surface area (Å²) in [7, 11) is 0. The highest BCUT2D eigenvalue weighted by molar-refractivity contribution is 9.10. The third-order valence-corrected chi connectivity index (χ3v) is 2.30. The molecule has 3 nitrogen and oxygen atoms in total. The normalized spacial score (nSPS) is 12.6. The lowest BCUT2D eigenvalue weighted by molar-refractivity contribution is 0.206. The summed E-state index contributed by atoms with van der Waals surface area (Å²) in [5.41, 5.74) is 0. The van der Waals surface area contributed by atoms with Gasteiger partial charge in [0, 0.05) is 6.20 Å². The van der Waals surface area contributed by atoms with Gasteiger partial charge in [0.15, 0.2) is 0 Å². The Morgan fingerprint density at radius 1 is 1.69 bits per heavy atom. The lowest BCUT2D eigenvalue weighted by Gasteiger charge is -2.12. The van der Waals surface area contributed by atoms with Crippen LogP contribution >= 0.6 is 27.5 Å². The van der Waals surface area contributed by atoms with Gasteiger partial charge in [-0.2, -0.15) is 4.98 Å². The van der Waals surface area contributed by atoms with Gasteiger partial charge in [0.2, 0.25) is 11.2 Å². The second-order valence-electron chi connectivity index (χ2n) is 2.63. The van der Waals surface area contributed by atoms with Crippen molar-refractivity contribution in [2.45, 2.75) is 26.4 Å². The van der Waals surface area contributed by atoms with Gasteiger partial charge in [-0.25, -0.2) is 4.98 Å². The van der Waals surface area contributed by atoms with Gasteiger partial charge >= 0.3 is 0 Å². The van der Waals surface area contributed by atoms with Gasteiger partial charge in [0.25, 0.3) is 0 Å². The lowest BCUT2D eigenvalue weighted by Crippen LogP contribution is -2.11. The highest BCUT2D eigenvalue weighted by Gasteiger charge is 2.08. The molecule has 1 unspecified atom stereocenters. The summed E-state index contributed by atoms with van der Waals surface area (Å²) >= 11 is 8.90. The van der Waals surface area contributed by atoms with Gasteiger partial charge in [-0.15, -0.1) is 0 Å². The molecule has 0 bridgehead atoms. The van der Waals surface area contributed by atoms with Crippen LogP contribution in [0.25, 0.3) is 0 Å². The maximum atomic E-state index is 5.62. The first kappa shape index (κ1) is 10.7. The molecule has 1 rings (SSSR count). The van der Waals surface area contributed by atoms with Gasteiger partial charge in [-0.3, -0.25) is 0 Å². The number of ether oxygens (including phenoxy) is 1. The topological polar surface area (TPSA) is 35.0 Å². The van der Waals surface area contributed by atoms with Crippen molar-refractivity contribution in [1.82, 2.24) is 9.97 Å². The van der Waals surface area contributed by atoms with E-state index in [0.717, 1.165) is 10.9 Å². The van der Waals surface area contributed by atoms with E-state index >= 15 is 0 Å². The Morgan fingerprint density at radius 2 is 2.38 bits per heavy atom. The van der Waals surface area contributed by atoms with E-state index in [1.54, 1.807) is 6.20 Å². The summed E-state index contributed by atoms with van der Waals surface area (Å²) in [4.78, 5) is 7.75. The predicted molar refractivity (Wildman–Crippen MR) is 55.1 cm³/mol. The molecule has 5 heteroatoms. The van der Waals surface area contributed by atoms with Crippen molar-refractivity contribution in [1.29, 1.82) is 0 Å². The molecule has 0 spiro atoms. The van der Waals surface area contributed by atoms with Gasteiger partial charge < -0.3 is 4.74 Å². The molecule has 0 aliphatic heterocycles. The van der Waals surface area contributed by atoms with Crippen LogP contribution in [-0.2, 0) is 0 Å². The number of nitrogens with zero attached hydrogens (tertiary/aromatic N) is 2. The predicted octanol–water partition coefficient (Wildman–Crippen LogP) is 3.07. The van der Waals surface area contributed by atoms with E-state index in [4.69, 9.17) is 16.3 Å². The second kappa shape index (κ2) is 4.77. The number of rotatable bonds is 3. The average molecular weight is 266 g/mol. The smallest absolute Gasteiger partial charge is 0.232 e. The summed E-state index contributed by atoms with van der Waals surface area (Å²) in [5.74, 6) is 0.495. The van der Waals surface area contributed by atoms with Crippen LogP contribution in [0.15, 0.2) is 10.7 Å². The monoisotopic (exact) mass is 264 g/mol. The minimum atomic E-state index is 0.127. The molecule has 1 atom stereocenters. The van der Waals surface area contributed by atoms with Crippen molar-refractivity contribution in [3.05, 3.63) is 16.0 Å². The Bertz CT molecular complexity index is 295. The molecule has 0 aliphatic carbocycles. The largest absolute Gasteiger partial charge is 0.474 e. The third-order valence-electron chi connectivity index (χ3n) is 1.57. The molecule has 1 heterocycles. The van der Waals surface area contributed by atoms with Crippen molar-refractivity contribution >= 4 is 27.5 Å². The molecular formula is C8H10BrClN2O. The van der Waals surface area contributed by atoms with Crippen molar-refractivity contribution in [2.75, 3.05) is 0 Å². The minimum absolute atomic E-state index is 0.127. The molecule has 0 amide bonds. The van der Waals surface area contributed by atoms with Crippen molar-refractivity contribution < 1.29 is 4.74 Å². The van der Waals surface area contributed by atoms with Crippen LogP contribution in [0.3, 0.4) is 0 Å². The van der Waals surface area contributed by atoms with Crippen LogP contribution < -0.4 is 4.74 Å². The first-order valence-corrected chi connectivity index (χ1v) is 5.15. The summed E-state index contributed by atoms with van der Waals surface area (Å²) in [5, 5.41) is 0.196. The highest BCUT2D eigenvalue weighted by Crippen LogP contribution is 2.23. The van der Waals surface area contributed by atoms with Crippen LogP contribution in [0.1, 0.15) is 20.3 Å². The standard InChI is InChI=1S/C8H10BrClN2O/c1-3-5(2)13-7-6(9)4-11-8(10)12-7/h4-5H,3H2,1-2H3. The van der Waals surface area contributed by atoms with Gasteiger partial charge in [-0.1, -0.05) is 6.92 Å². The number of hydrogen-bond acceptors (Lipinski definition) is 3. The van der Waals surface area contributed by atoms with E-state index in [0.29, 0.717) is 5.88 Å². The van der Waals surface area contributed by atoms with Crippen LogP contribution in [-0.4, -0.2) is 16.1 Å². The molecular weight excluding hydrogens is 255 g/mol. The maximum absolute atomic E-state index is 5.62. The fourth-order valence-corrected chi connectivity index (χ4v) is 1.10. The average Bonchev–Trinajstić information content (AvgIpc) is 2.11. The molecule has 1 aromatic rings. The Balaban J connectivity index is 2.81. The number of hydrogen-bond donors (Lipinski definition) is 0. The molecule has 0 radical (unpaired) electrons. The molecule has 0 fully saturated rings. The Morgan fingerprint density at radius 3 is 3.00 bits per heavy atom. The second-order valence-corrected chi connectivity index (χ2v) is 3.82. The maximum Gasteiger partial charge on any atom is 0.232 e. The van der Waals surface area contributed by atoms with Crippen molar-refractivity contribution in [2.24, 2.45) is 0 Å². The molecule has 0 aliphatic rings. The van der Waals surface area contributed by atoms with E-state index in [1.165, 1.54) is 0 Å². The Labute approximate surface area is 90.6 Å².